The van der Waals surface area contributed by atoms with E-state index in [-0.39, 0.29) is 5.56 Å². The fourth-order valence-corrected chi connectivity index (χ4v) is 2.53. The molecular weight excluding hydrogens is 254 g/mol. The van der Waals surface area contributed by atoms with Gasteiger partial charge in [-0.05, 0) is 6.07 Å². The number of hydrogen-bond acceptors (Lipinski definition) is 3. The number of carboxylic acid groups (broad SMARTS) is 1. The van der Waals surface area contributed by atoms with Gasteiger partial charge in [0.1, 0.15) is 11.6 Å². The zero-order chi connectivity index (χ0) is 13.1. The van der Waals surface area contributed by atoms with Crippen LogP contribution < -0.4 is 0 Å². The normalized spacial score (nSPS) is 11.4. The summed E-state index contributed by atoms with van der Waals surface area (Å²) in [5, 5.41) is 8.35. The highest BCUT2D eigenvalue weighted by molar-refractivity contribution is 7.90. The zero-order valence-electron chi connectivity index (χ0n) is 8.69. The maximum Gasteiger partial charge on any atom is 0.304 e. The molecule has 1 aromatic rings. The summed E-state index contributed by atoms with van der Waals surface area (Å²) in [5.74, 6) is -4.20. The van der Waals surface area contributed by atoms with Crippen molar-refractivity contribution in [2.75, 3.05) is 5.75 Å². The number of halogens is 2. The smallest absolute Gasteiger partial charge is 0.304 e. The van der Waals surface area contributed by atoms with E-state index in [4.69, 9.17) is 5.11 Å². The van der Waals surface area contributed by atoms with Gasteiger partial charge >= 0.3 is 5.97 Å². The van der Waals surface area contributed by atoms with Gasteiger partial charge in [-0.15, -0.1) is 0 Å². The van der Waals surface area contributed by atoms with Crippen LogP contribution in [0.1, 0.15) is 12.0 Å². The van der Waals surface area contributed by atoms with Crippen LogP contribution in [0.25, 0.3) is 0 Å². The summed E-state index contributed by atoms with van der Waals surface area (Å²) in [6.45, 7) is 0. The van der Waals surface area contributed by atoms with Crippen molar-refractivity contribution in [1.82, 2.24) is 0 Å². The SMILES string of the molecule is O=C(O)CCS(=O)(=O)Cc1ccc(F)cc1F. The molecule has 0 saturated carbocycles. The van der Waals surface area contributed by atoms with Crippen LogP contribution in [0.2, 0.25) is 0 Å². The molecule has 17 heavy (non-hydrogen) atoms. The summed E-state index contributed by atoms with van der Waals surface area (Å²) < 4.78 is 48.6. The Labute approximate surface area is 96.8 Å². The molecule has 7 heteroatoms. The first-order valence-electron chi connectivity index (χ1n) is 4.66. The van der Waals surface area contributed by atoms with Crippen molar-refractivity contribution in [3.63, 3.8) is 0 Å². The fourth-order valence-electron chi connectivity index (χ4n) is 1.19. The standard InChI is InChI=1S/C10H10F2O4S/c11-8-2-1-7(9(12)5-8)6-17(15,16)4-3-10(13)14/h1-2,5H,3-4,6H2,(H,13,14). The van der Waals surface area contributed by atoms with Gasteiger partial charge in [0.05, 0.1) is 17.9 Å². The Morgan fingerprint density at radius 1 is 1.29 bits per heavy atom. The highest BCUT2D eigenvalue weighted by atomic mass is 32.2. The maximum absolute atomic E-state index is 13.2. The predicted octanol–water partition coefficient (Wildman–Crippen LogP) is 1.35. The molecule has 1 rings (SSSR count). The molecule has 0 bridgehead atoms. The summed E-state index contributed by atoms with van der Waals surface area (Å²) in [6, 6.07) is 2.57. The quantitative estimate of drug-likeness (QED) is 0.871. The number of aliphatic carboxylic acids is 1. The van der Waals surface area contributed by atoms with Crippen molar-refractivity contribution in [1.29, 1.82) is 0 Å². The average Bonchev–Trinajstić information content (AvgIpc) is 2.20. The molecular formula is C10H10F2O4S. The third-order valence-electron chi connectivity index (χ3n) is 2.02. The average molecular weight is 264 g/mol. The first-order chi connectivity index (χ1) is 7.80. The van der Waals surface area contributed by atoms with Gasteiger partial charge in [-0.25, -0.2) is 17.2 Å². The molecule has 0 amide bonds. The molecule has 1 N–H and O–H groups in total. The summed E-state index contributed by atoms with van der Waals surface area (Å²) in [6.07, 6.45) is -0.537. The zero-order valence-corrected chi connectivity index (χ0v) is 9.51. The highest BCUT2D eigenvalue weighted by Crippen LogP contribution is 2.13. The Balaban J connectivity index is 2.79. The van der Waals surface area contributed by atoms with Gasteiger partial charge in [0.2, 0.25) is 0 Å². The van der Waals surface area contributed by atoms with Crippen LogP contribution >= 0.6 is 0 Å². The summed E-state index contributed by atoms with van der Waals surface area (Å²) in [4.78, 5) is 10.2. The van der Waals surface area contributed by atoms with Gasteiger partial charge in [0.15, 0.2) is 9.84 Å². The van der Waals surface area contributed by atoms with E-state index in [0.29, 0.717) is 6.07 Å². The lowest BCUT2D eigenvalue weighted by atomic mass is 10.2. The molecule has 0 atom stereocenters. The Bertz CT molecular complexity index is 525. The molecule has 0 spiro atoms. The van der Waals surface area contributed by atoms with Crippen LogP contribution in [0.5, 0.6) is 0 Å². The number of rotatable bonds is 5. The van der Waals surface area contributed by atoms with E-state index in [1.165, 1.54) is 0 Å². The number of sulfone groups is 1. The van der Waals surface area contributed by atoms with Gasteiger partial charge < -0.3 is 5.11 Å². The number of carboxylic acids is 1. The molecule has 0 radical (unpaired) electrons. The van der Waals surface area contributed by atoms with Crippen molar-refractivity contribution < 1.29 is 27.1 Å². The number of carbonyl (C=O) groups is 1. The summed E-state index contributed by atoms with van der Waals surface area (Å²) in [5.41, 5.74) is -0.170. The Kier molecular flexibility index (Phi) is 4.17. The lowest BCUT2D eigenvalue weighted by molar-refractivity contribution is -0.136. The van der Waals surface area contributed by atoms with Crippen molar-refractivity contribution >= 4 is 15.8 Å². The molecule has 0 aromatic heterocycles. The Morgan fingerprint density at radius 2 is 1.94 bits per heavy atom. The molecule has 0 saturated heterocycles. The van der Waals surface area contributed by atoms with Crippen LogP contribution in [-0.4, -0.2) is 25.2 Å². The minimum atomic E-state index is -3.71. The molecule has 4 nitrogen and oxygen atoms in total. The lowest BCUT2D eigenvalue weighted by Gasteiger charge is -2.04. The molecule has 1 aromatic carbocycles. The third-order valence-corrected chi connectivity index (χ3v) is 3.59. The molecule has 0 aliphatic rings. The summed E-state index contributed by atoms with van der Waals surface area (Å²) >= 11 is 0. The van der Waals surface area contributed by atoms with E-state index in [0.717, 1.165) is 12.1 Å². The number of hydrogen-bond donors (Lipinski definition) is 1. The van der Waals surface area contributed by atoms with E-state index < -0.39 is 45.4 Å². The molecule has 0 aliphatic carbocycles. The topological polar surface area (TPSA) is 71.4 Å². The van der Waals surface area contributed by atoms with E-state index in [1.54, 1.807) is 0 Å². The Hall–Kier alpha value is -1.50. The van der Waals surface area contributed by atoms with Crippen LogP contribution in [0.3, 0.4) is 0 Å². The van der Waals surface area contributed by atoms with E-state index in [1.807, 2.05) is 0 Å². The first kappa shape index (κ1) is 13.6. The second-order valence-corrected chi connectivity index (χ2v) is 5.66. The maximum atomic E-state index is 13.2. The lowest BCUT2D eigenvalue weighted by Crippen LogP contribution is -2.13. The van der Waals surface area contributed by atoms with Gasteiger partial charge in [-0.1, -0.05) is 6.07 Å². The van der Waals surface area contributed by atoms with Crippen molar-refractivity contribution in [2.45, 2.75) is 12.2 Å². The van der Waals surface area contributed by atoms with Gasteiger partial charge in [-0.3, -0.25) is 4.79 Å². The van der Waals surface area contributed by atoms with Crippen LogP contribution in [0, 0.1) is 11.6 Å². The van der Waals surface area contributed by atoms with Crippen LogP contribution in [0.15, 0.2) is 18.2 Å². The first-order valence-corrected chi connectivity index (χ1v) is 6.48. The van der Waals surface area contributed by atoms with Gasteiger partial charge in [0, 0.05) is 11.6 Å². The molecule has 0 fully saturated rings. The van der Waals surface area contributed by atoms with Crippen LogP contribution in [0.4, 0.5) is 8.78 Å². The largest absolute Gasteiger partial charge is 0.481 e. The van der Waals surface area contributed by atoms with Crippen molar-refractivity contribution in [2.24, 2.45) is 0 Å². The third kappa shape index (κ3) is 4.48. The second-order valence-electron chi connectivity index (χ2n) is 3.47. The van der Waals surface area contributed by atoms with E-state index in [2.05, 4.69) is 0 Å². The number of benzene rings is 1. The minimum Gasteiger partial charge on any atom is -0.481 e. The predicted molar refractivity (Wildman–Crippen MR) is 56.1 cm³/mol. The van der Waals surface area contributed by atoms with E-state index >= 15 is 0 Å². The molecule has 0 heterocycles. The molecule has 0 aliphatic heterocycles. The highest BCUT2D eigenvalue weighted by Gasteiger charge is 2.16. The van der Waals surface area contributed by atoms with Gasteiger partial charge in [-0.2, -0.15) is 0 Å². The van der Waals surface area contributed by atoms with Gasteiger partial charge in [0.25, 0.3) is 0 Å². The second kappa shape index (κ2) is 5.22. The molecule has 94 valence electrons. The summed E-state index contributed by atoms with van der Waals surface area (Å²) in [7, 11) is -3.71. The van der Waals surface area contributed by atoms with Crippen molar-refractivity contribution in [3.05, 3.63) is 35.4 Å². The molecule has 0 unspecified atom stereocenters. The monoisotopic (exact) mass is 264 g/mol. The minimum absolute atomic E-state index is 0.170. The Morgan fingerprint density at radius 3 is 2.47 bits per heavy atom. The fraction of sp³-hybridized carbons (Fsp3) is 0.300. The van der Waals surface area contributed by atoms with Crippen molar-refractivity contribution in [3.8, 4) is 0 Å². The van der Waals surface area contributed by atoms with Crippen LogP contribution in [-0.2, 0) is 20.4 Å². The van der Waals surface area contributed by atoms with E-state index in [9.17, 15) is 22.0 Å².